The fourth-order valence-electron chi connectivity index (χ4n) is 3.05. The van der Waals surface area contributed by atoms with Crippen molar-refractivity contribution in [2.45, 2.75) is 19.7 Å². The number of rotatable bonds is 7. The molecule has 3 aromatic heterocycles. The molecule has 0 saturated heterocycles. The van der Waals surface area contributed by atoms with Crippen LogP contribution in [0.4, 0.5) is 11.6 Å². The molecule has 0 fully saturated rings. The molecule has 154 valence electrons. The Kier molecular flexibility index (Phi) is 5.80. The van der Waals surface area contributed by atoms with Gasteiger partial charge in [0.25, 0.3) is 0 Å². The molecule has 0 radical (unpaired) electrons. The molecule has 9 heteroatoms. The van der Waals surface area contributed by atoms with Crippen LogP contribution in [-0.2, 0) is 6.54 Å². The van der Waals surface area contributed by atoms with E-state index in [0.717, 1.165) is 16.9 Å². The van der Waals surface area contributed by atoms with Gasteiger partial charge in [0.1, 0.15) is 23.3 Å². The quantitative estimate of drug-likeness (QED) is 0.390. The van der Waals surface area contributed by atoms with E-state index in [0.29, 0.717) is 34.6 Å². The molecule has 0 saturated carbocycles. The van der Waals surface area contributed by atoms with Gasteiger partial charge in [-0.25, -0.2) is 15.0 Å². The number of fused-ring (bicyclic) bond motifs is 1. The molecule has 0 spiro atoms. The number of aliphatic hydroxyl groups excluding tert-OH is 1. The number of hydrogen-bond donors (Lipinski definition) is 3. The van der Waals surface area contributed by atoms with Crippen molar-refractivity contribution in [2.24, 2.45) is 0 Å². The van der Waals surface area contributed by atoms with Crippen LogP contribution in [-0.4, -0.2) is 37.8 Å². The zero-order valence-electron chi connectivity index (χ0n) is 16.5. The minimum absolute atomic E-state index is 0.383. The van der Waals surface area contributed by atoms with E-state index in [1.165, 1.54) is 0 Å². The SMILES string of the molecule is COc1cc(CNC(C)O)ccc1Nc1ncc(Cl)c(-c2cnc3ccccn23)n1. The highest BCUT2D eigenvalue weighted by Gasteiger charge is 2.14. The number of anilines is 2. The maximum Gasteiger partial charge on any atom is 0.227 e. The Hall–Kier alpha value is -3.20. The molecule has 1 atom stereocenters. The van der Waals surface area contributed by atoms with Crippen LogP contribution in [0.1, 0.15) is 12.5 Å². The lowest BCUT2D eigenvalue weighted by Gasteiger charge is -2.14. The Morgan fingerprint density at radius 3 is 2.87 bits per heavy atom. The van der Waals surface area contributed by atoms with Gasteiger partial charge in [0.15, 0.2) is 0 Å². The predicted octanol–water partition coefficient (Wildman–Crippen LogP) is 3.62. The number of aromatic nitrogens is 4. The number of halogens is 1. The summed E-state index contributed by atoms with van der Waals surface area (Å²) in [5.41, 5.74) is 3.84. The second-order valence-electron chi connectivity index (χ2n) is 6.68. The summed E-state index contributed by atoms with van der Waals surface area (Å²) in [6.07, 6.45) is 4.61. The fraction of sp³-hybridized carbons (Fsp3) is 0.190. The molecule has 30 heavy (non-hydrogen) atoms. The average molecular weight is 425 g/mol. The molecule has 0 aliphatic rings. The summed E-state index contributed by atoms with van der Waals surface area (Å²) in [6, 6.07) is 11.5. The number of hydrogen-bond acceptors (Lipinski definition) is 7. The molecule has 0 aliphatic heterocycles. The number of nitrogens with zero attached hydrogens (tertiary/aromatic N) is 4. The maximum absolute atomic E-state index is 9.39. The number of methoxy groups -OCH3 is 1. The van der Waals surface area contributed by atoms with Crippen LogP contribution < -0.4 is 15.4 Å². The second kappa shape index (κ2) is 8.66. The van der Waals surface area contributed by atoms with E-state index in [9.17, 15) is 5.11 Å². The second-order valence-corrected chi connectivity index (χ2v) is 7.09. The van der Waals surface area contributed by atoms with Gasteiger partial charge >= 0.3 is 0 Å². The van der Waals surface area contributed by atoms with Crippen molar-refractivity contribution in [3.8, 4) is 17.1 Å². The van der Waals surface area contributed by atoms with E-state index >= 15 is 0 Å². The van der Waals surface area contributed by atoms with E-state index in [-0.39, 0.29) is 0 Å². The molecule has 0 amide bonds. The summed E-state index contributed by atoms with van der Waals surface area (Å²) < 4.78 is 7.42. The molecule has 1 aromatic carbocycles. The summed E-state index contributed by atoms with van der Waals surface area (Å²) >= 11 is 6.38. The molecule has 0 aliphatic carbocycles. The Labute approximate surface area is 178 Å². The first-order valence-electron chi connectivity index (χ1n) is 9.35. The number of pyridine rings is 1. The summed E-state index contributed by atoms with van der Waals surface area (Å²) in [5.74, 6) is 1.02. The summed E-state index contributed by atoms with van der Waals surface area (Å²) in [6.45, 7) is 2.19. The Balaban J connectivity index is 1.64. The van der Waals surface area contributed by atoms with Crippen molar-refractivity contribution in [3.05, 3.63) is 65.6 Å². The van der Waals surface area contributed by atoms with Gasteiger partial charge in [-0.15, -0.1) is 0 Å². The van der Waals surface area contributed by atoms with Crippen molar-refractivity contribution < 1.29 is 9.84 Å². The molecular formula is C21H21ClN6O2. The van der Waals surface area contributed by atoms with Crippen LogP contribution in [0, 0.1) is 0 Å². The molecule has 8 nitrogen and oxygen atoms in total. The monoisotopic (exact) mass is 424 g/mol. The molecular weight excluding hydrogens is 404 g/mol. The Morgan fingerprint density at radius 1 is 1.20 bits per heavy atom. The van der Waals surface area contributed by atoms with Crippen LogP contribution in [0.15, 0.2) is 55.0 Å². The fourth-order valence-corrected chi connectivity index (χ4v) is 3.24. The van der Waals surface area contributed by atoms with Crippen molar-refractivity contribution in [1.82, 2.24) is 24.7 Å². The van der Waals surface area contributed by atoms with Gasteiger partial charge in [-0.05, 0) is 36.8 Å². The first-order chi connectivity index (χ1) is 14.5. The zero-order valence-corrected chi connectivity index (χ0v) is 17.3. The normalized spacial score (nSPS) is 12.1. The van der Waals surface area contributed by atoms with Crippen molar-refractivity contribution in [2.75, 3.05) is 12.4 Å². The molecule has 4 rings (SSSR count). The van der Waals surface area contributed by atoms with E-state index in [4.69, 9.17) is 16.3 Å². The van der Waals surface area contributed by atoms with Gasteiger partial charge < -0.3 is 15.2 Å². The molecule has 3 heterocycles. The lowest BCUT2D eigenvalue weighted by atomic mass is 10.2. The minimum atomic E-state index is -0.589. The smallest absolute Gasteiger partial charge is 0.227 e. The minimum Gasteiger partial charge on any atom is -0.495 e. The average Bonchev–Trinajstić information content (AvgIpc) is 3.18. The zero-order chi connectivity index (χ0) is 21.1. The van der Waals surface area contributed by atoms with Crippen LogP contribution in [0.25, 0.3) is 17.0 Å². The van der Waals surface area contributed by atoms with Gasteiger partial charge in [0.05, 0.1) is 35.9 Å². The molecule has 4 aromatic rings. The number of benzene rings is 1. The van der Waals surface area contributed by atoms with E-state index in [2.05, 4.69) is 25.6 Å². The first-order valence-corrected chi connectivity index (χ1v) is 9.73. The predicted molar refractivity (Wildman–Crippen MR) is 116 cm³/mol. The highest BCUT2D eigenvalue weighted by atomic mass is 35.5. The van der Waals surface area contributed by atoms with Gasteiger partial charge in [-0.3, -0.25) is 9.72 Å². The molecule has 1 unspecified atom stereocenters. The Morgan fingerprint density at radius 2 is 2.07 bits per heavy atom. The van der Waals surface area contributed by atoms with Crippen molar-refractivity contribution >= 4 is 28.9 Å². The van der Waals surface area contributed by atoms with Gasteiger partial charge in [0.2, 0.25) is 5.95 Å². The summed E-state index contributed by atoms with van der Waals surface area (Å²) in [5, 5.41) is 16.0. The van der Waals surface area contributed by atoms with E-state index in [1.54, 1.807) is 26.4 Å². The number of aliphatic hydroxyl groups is 1. The molecule has 3 N–H and O–H groups in total. The highest BCUT2D eigenvalue weighted by molar-refractivity contribution is 6.32. The third-order valence-corrected chi connectivity index (χ3v) is 4.79. The highest BCUT2D eigenvalue weighted by Crippen LogP contribution is 2.31. The lowest BCUT2D eigenvalue weighted by molar-refractivity contribution is 0.155. The van der Waals surface area contributed by atoms with Gasteiger partial charge in [-0.1, -0.05) is 23.7 Å². The van der Waals surface area contributed by atoms with E-state index < -0.39 is 6.23 Å². The van der Waals surface area contributed by atoms with Crippen molar-refractivity contribution in [1.29, 1.82) is 0 Å². The topological polar surface area (TPSA) is 96.6 Å². The standard InChI is InChI=1S/C21H21ClN6O2/c1-13(29)23-10-14-6-7-16(18(9-14)30-2)26-21-25-11-15(22)20(27-21)17-12-24-19-5-3-4-8-28(17)19/h3-9,11-13,23,29H,10H2,1-2H3,(H,25,26,27). The summed E-state index contributed by atoms with van der Waals surface area (Å²) in [4.78, 5) is 13.3. The molecule has 0 bridgehead atoms. The van der Waals surface area contributed by atoms with Gasteiger partial charge in [0, 0.05) is 12.7 Å². The third kappa shape index (κ3) is 4.20. The van der Waals surface area contributed by atoms with Gasteiger partial charge in [-0.2, -0.15) is 0 Å². The van der Waals surface area contributed by atoms with Crippen LogP contribution >= 0.6 is 11.6 Å². The van der Waals surface area contributed by atoms with Crippen LogP contribution in [0.2, 0.25) is 5.02 Å². The number of ether oxygens (including phenoxy) is 1. The Bertz CT molecular complexity index is 1180. The van der Waals surface area contributed by atoms with E-state index in [1.807, 2.05) is 47.0 Å². The number of nitrogens with one attached hydrogen (secondary N) is 2. The largest absolute Gasteiger partial charge is 0.495 e. The third-order valence-electron chi connectivity index (χ3n) is 4.52. The van der Waals surface area contributed by atoms with Crippen LogP contribution in [0.5, 0.6) is 5.75 Å². The lowest BCUT2D eigenvalue weighted by Crippen LogP contribution is -2.24. The number of imidazole rings is 1. The maximum atomic E-state index is 9.39. The summed E-state index contributed by atoms with van der Waals surface area (Å²) in [7, 11) is 1.60. The van der Waals surface area contributed by atoms with Crippen LogP contribution in [0.3, 0.4) is 0 Å². The first kappa shape index (κ1) is 20.1. The van der Waals surface area contributed by atoms with Crippen molar-refractivity contribution in [3.63, 3.8) is 0 Å².